The lowest BCUT2D eigenvalue weighted by Crippen LogP contribution is -2.26. The van der Waals surface area contributed by atoms with Gasteiger partial charge in [-0.1, -0.05) is 12.1 Å². The maximum absolute atomic E-state index is 12.4. The lowest BCUT2D eigenvalue weighted by molar-refractivity contribution is 0.0927. The average Bonchev–Trinajstić information content (AvgIpc) is 3.11. The molecule has 0 unspecified atom stereocenters. The van der Waals surface area contributed by atoms with E-state index in [0.29, 0.717) is 18.7 Å². The third kappa shape index (κ3) is 2.97. The van der Waals surface area contributed by atoms with Crippen LogP contribution >= 0.6 is 0 Å². The number of nitrogens with zero attached hydrogens (tertiary/aromatic N) is 3. The van der Waals surface area contributed by atoms with Crippen molar-refractivity contribution in [2.75, 3.05) is 6.54 Å². The molecule has 0 saturated carbocycles. The molecule has 0 saturated heterocycles. The number of rotatable bonds is 5. The van der Waals surface area contributed by atoms with E-state index in [4.69, 9.17) is 4.42 Å². The minimum atomic E-state index is -0.195. The maximum Gasteiger partial charge on any atom is 0.287 e. The van der Waals surface area contributed by atoms with Crippen LogP contribution < -0.4 is 5.32 Å². The predicted octanol–water partition coefficient (Wildman–Crippen LogP) is 2.63. The molecule has 120 valence electrons. The molecule has 0 aliphatic carbocycles. The van der Waals surface area contributed by atoms with E-state index in [9.17, 15) is 4.79 Å². The molecule has 0 spiro atoms. The summed E-state index contributed by atoms with van der Waals surface area (Å²) in [5.41, 5.74) is 2.73. The Hall–Kier alpha value is -2.63. The zero-order chi connectivity index (χ0) is 16.4. The van der Waals surface area contributed by atoms with Crippen LogP contribution in [-0.4, -0.2) is 27.2 Å². The summed E-state index contributed by atoms with van der Waals surface area (Å²) in [7, 11) is 0. The second kappa shape index (κ2) is 6.24. The molecule has 0 aliphatic rings. The summed E-state index contributed by atoms with van der Waals surface area (Å²) in [6, 6.07) is 5.96. The normalized spacial score (nSPS) is 11.1. The number of aromatic nitrogens is 3. The van der Waals surface area contributed by atoms with Gasteiger partial charge in [-0.05, 0) is 32.4 Å². The van der Waals surface area contributed by atoms with Gasteiger partial charge >= 0.3 is 0 Å². The Balaban J connectivity index is 1.70. The summed E-state index contributed by atoms with van der Waals surface area (Å²) in [5.74, 6) is 1.05. The second-order valence-electron chi connectivity index (χ2n) is 5.59. The van der Waals surface area contributed by atoms with Crippen molar-refractivity contribution in [3.8, 4) is 0 Å². The van der Waals surface area contributed by atoms with Crippen molar-refractivity contribution in [3.63, 3.8) is 0 Å². The largest absolute Gasteiger partial charge is 0.451 e. The van der Waals surface area contributed by atoms with Gasteiger partial charge in [0.1, 0.15) is 17.7 Å². The highest BCUT2D eigenvalue weighted by molar-refractivity contribution is 5.99. The van der Waals surface area contributed by atoms with E-state index in [0.717, 1.165) is 34.5 Å². The Morgan fingerprint density at radius 3 is 2.96 bits per heavy atom. The van der Waals surface area contributed by atoms with Gasteiger partial charge in [0.2, 0.25) is 0 Å². The lowest BCUT2D eigenvalue weighted by Gasteiger charge is -2.05. The molecule has 2 heterocycles. The zero-order valence-electron chi connectivity index (χ0n) is 13.6. The summed E-state index contributed by atoms with van der Waals surface area (Å²) in [6.45, 7) is 7.25. The van der Waals surface area contributed by atoms with Gasteiger partial charge in [-0.2, -0.15) is 0 Å². The summed E-state index contributed by atoms with van der Waals surface area (Å²) < 4.78 is 7.69. The van der Waals surface area contributed by atoms with Crippen LogP contribution in [0.1, 0.15) is 34.4 Å². The number of hydrogen-bond donors (Lipinski definition) is 1. The van der Waals surface area contributed by atoms with E-state index in [1.165, 1.54) is 0 Å². The molecule has 6 heteroatoms. The van der Waals surface area contributed by atoms with E-state index in [1.54, 1.807) is 6.33 Å². The van der Waals surface area contributed by atoms with Gasteiger partial charge in [-0.15, -0.1) is 10.2 Å². The molecule has 1 aromatic carbocycles. The first kappa shape index (κ1) is 15.3. The van der Waals surface area contributed by atoms with Gasteiger partial charge in [-0.25, -0.2) is 0 Å². The van der Waals surface area contributed by atoms with Gasteiger partial charge in [0.15, 0.2) is 5.76 Å². The number of benzene rings is 1. The van der Waals surface area contributed by atoms with E-state index < -0.39 is 0 Å². The van der Waals surface area contributed by atoms with Gasteiger partial charge in [0, 0.05) is 30.5 Å². The molecule has 0 aliphatic heterocycles. The van der Waals surface area contributed by atoms with Gasteiger partial charge in [0.25, 0.3) is 5.91 Å². The number of furan rings is 1. The quantitative estimate of drug-likeness (QED) is 0.786. The number of nitrogens with one attached hydrogen (secondary N) is 1. The predicted molar refractivity (Wildman–Crippen MR) is 87.4 cm³/mol. The average molecular weight is 312 g/mol. The van der Waals surface area contributed by atoms with Gasteiger partial charge in [-0.3, -0.25) is 4.79 Å². The van der Waals surface area contributed by atoms with Crippen LogP contribution in [0.25, 0.3) is 11.0 Å². The van der Waals surface area contributed by atoms with Crippen LogP contribution in [0.2, 0.25) is 0 Å². The molecule has 23 heavy (non-hydrogen) atoms. The van der Waals surface area contributed by atoms with E-state index in [1.807, 2.05) is 43.5 Å². The molecule has 6 nitrogen and oxygen atoms in total. The number of fused-ring (bicyclic) bond motifs is 1. The Morgan fingerprint density at radius 2 is 2.17 bits per heavy atom. The van der Waals surface area contributed by atoms with Crippen LogP contribution in [0.4, 0.5) is 0 Å². The van der Waals surface area contributed by atoms with E-state index in [-0.39, 0.29) is 5.91 Å². The third-order valence-corrected chi connectivity index (χ3v) is 3.97. The lowest BCUT2D eigenvalue weighted by atomic mass is 10.1. The standard InChI is InChI=1S/C17H20N4O2/c1-4-21-10-19-20-15(21)7-8-18-17(22)16-12(3)13-6-5-11(2)9-14(13)23-16/h5-6,9-10H,4,7-8H2,1-3H3,(H,18,22). The molecule has 0 radical (unpaired) electrons. The van der Waals surface area contributed by atoms with Crippen molar-refractivity contribution in [2.45, 2.75) is 33.7 Å². The van der Waals surface area contributed by atoms with E-state index in [2.05, 4.69) is 15.5 Å². The summed E-state index contributed by atoms with van der Waals surface area (Å²) in [4.78, 5) is 12.4. The summed E-state index contributed by atoms with van der Waals surface area (Å²) >= 11 is 0. The van der Waals surface area contributed by atoms with Crippen molar-refractivity contribution >= 4 is 16.9 Å². The highest BCUT2D eigenvalue weighted by Gasteiger charge is 2.17. The summed E-state index contributed by atoms with van der Waals surface area (Å²) in [6.07, 6.45) is 2.33. The smallest absolute Gasteiger partial charge is 0.287 e. The minimum Gasteiger partial charge on any atom is -0.451 e. The van der Waals surface area contributed by atoms with E-state index >= 15 is 0 Å². The van der Waals surface area contributed by atoms with Crippen molar-refractivity contribution in [2.24, 2.45) is 0 Å². The first-order valence-corrected chi connectivity index (χ1v) is 7.74. The Morgan fingerprint density at radius 1 is 1.35 bits per heavy atom. The molecular weight excluding hydrogens is 292 g/mol. The fourth-order valence-electron chi connectivity index (χ4n) is 2.65. The molecule has 3 aromatic rings. The van der Waals surface area contributed by atoms with Crippen molar-refractivity contribution < 1.29 is 9.21 Å². The fraction of sp³-hybridized carbons (Fsp3) is 0.353. The van der Waals surface area contributed by atoms with Crippen LogP contribution in [-0.2, 0) is 13.0 Å². The third-order valence-electron chi connectivity index (χ3n) is 3.97. The Bertz CT molecular complexity index is 848. The number of hydrogen-bond acceptors (Lipinski definition) is 4. The zero-order valence-corrected chi connectivity index (χ0v) is 13.6. The van der Waals surface area contributed by atoms with Crippen LogP contribution in [0.5, 0.6) is 0 Å². The molecule has 1 amide bonds. The molecule has 0 bridgehead atoms. The van der Waals surface area contributed by atoms with Crippen molar-refractivity contribution in [3.05, 3.63) is 47.2 Å². The van der Waals surface area contributed by atoms with Crippen LogP contribution in [0.15, 0.2) is 28.9 Å². The molecule has 0 atom stereocenters. The first-order chi connectivity index (χ1) is 11.1. The number of carbonyl (C=O) groups is 1. The van der Waals surface area contributed by atoms with Crippen molar-refractivity contribution in [1.82, 2.24) is 20.1 Å². The number of carbonyl (C=O) groups excluding carboxylic acids is 1. The minimum absolute atomic E-state index is 0.195. The summed E-state index contributed by atoms with van der Waals surface area (Å²) in [5, 5.41) is 11.8. The maximum atomic E-state index is 12.4. The fourth-order valence-corrected chi connectivity index (χ4v) is 2.65. The number of aryl methyl sites for hydroxylation is 3. The molecule has 1 N–H and O–H groups in total. The first-order valence-electron chi connectivity index (χ1n) is 7.74. The highest BCUT2D eigenvalue weighted by Crippen LogP contribution is 2.25. The highest BCUT2D eigenvalue weighted by atomic mass is 16.3. The van der Waals surface area contributed by atoms with Gasteiger partial charge < -0.3 is 14.3 Å². The van der Waals surface area contributed by atoms with Crippen LogP contribution in [0.3, 0.4) is 0 Å². The monoisotopic (exact) mass is 312 g/mol. The Kier molecular flexibility index (Phi) is 4.14. The number of amides is 1. The molecular formula is C17H20N4O2. The molecule has 3 rings (SSSR count). The van der Waals surface area contributed by atoms with Gasteiger partial charge in [0.05, 0.1) is 0 Å². The SMILES string of the molecule is CCn1cnnc1CCNC(=O)c1oc2cc(C)ccc2c1C. The van der Waals surface area contributed by atoms with Crippen LogP contribution in [0, 0.1) is 13.8 Å². The Labute approximate surface area is 134 Å². The van der Waals surface area contributed by atoms with Crippen molar-refractivity contribution in [1.29, 1.82) is 0 Å². The second-order valence-corrected chi connectivity index (χ2v) is 5.59. The molecule has 0 fully saturated rings. The topological polar surface area (TPSA) is 73.0 Å². The molecule has 2 aromatic heterocycles.